The number of fused-ring (bicyclic) bond motifs is 10. The molecule has 4 bridgehead atoms. The van der Waals surface area contributed by atoms with Gasteiger partial charge in [-0.2, -0.15) is 0 Å². The molecule has 12 nitrogen and oxygen atoms in total. The summed E-state index contributed by atoms with van der Waals surface area (Å²) in [7, 11) is 0. The van der Waals surface area contributed by atoms with Crippen molar-refractivity contribution in [2.45, 2.75) is 49.7 Å². The van der Waals surface area contributed by atoms with Crippen LogP contribution in [0.5, 0.6) is 23.0 Å². The Morgan fingerprint density at radius 1 is 0.482 bits per heavy atom. The van der Waals surface area contributed by atoms with Gasteiger partial charge in [0.15, 0.2) is 0 Å². The van der Waals surface area contributed by atoms with E-state index in [-0.39, 0.29) is 24.1 Å². The fraction of sp³-hybridized carbons (Fsp3) is 0.364. The topological polar surface area (TPSA) is 152 Å². The molecule has 290 valence electrons. The van der Waals surface area contributed by atoms with E-state index in [9.17, 15) is 9.59 Å². The zero-order valence-electron chi connectivity index (χ0n) is 30.8. The highest BCUT2D eigenvalue weighted by Gasteiger charge is 2.42. The fourth-order valence-electron chi connectivity index (χ4n) is 8.85. The molecule has 0 saturated carbocycles. The Balaban J connectivity index is 0.000000138. The van der Waals surface area contributed by atoms with E-state index in [2.05, 4.69) is 9.80 Å². The number of esters is 2. The number of rotatable bonds is 4. The predicted molar refractivity (Wildman–Crippen MR) is 203 cm³/mol. The summed E-state index contributed by atoms with van der Waals surface area (Å²) in [4.78, 5) is 49.4. The van der Waals surface area contributed by atoms with Crippen LogP contribution in [0.2, 0.25) is 0 Å². The van der Waals surface area contributed by atoms with Crippen LogP contribution in [0.25, 0.3) is 0 Å². The highest BCUT2D eigenvalue weighted by Crippen LogP contribution is 2.46. The number of carboxylic acids is 2. The van der Waals surface area contributed by atoms with Crippen molar-refractivity contribution in [1.82, 2.24) is 9.80 Å². The van der Waals surface area contributed by atoms with Crippen LogP contribution in [0, 0.1) is 11.8 Å². The molecular formula is C44H44N2O10. The van der Waals surface area contributed by atoms with E-state index in [0.717, 1.165) is 110 Å². The Kier molecular flexibility index (Phi) is 10.7. The number of carbonyl (C=O) groups is 4. The van der Waals surface area contributed by atoms with E-state index in [1.165, 1.54) is 0 Å². The molecule has 0 aliphatic carbocycles. The molecule has 8 aliphatic heterocycles. The molecular weight excluding hydrogens is 716 g/mol. The summed E-state index contributed by atoms with van der Waals surface area (Å²) in [6.07, 6.45) is 4.60. The first-order valence-corrected chi connectivity index (χ1v) is 19.3. The number of carboxylic acid groups (broad SMARTS) is 2. The number of carbonyl (C=O) groups excluding carboxylic acids is 2. The molecule has 2 N–H and O–H groups in total. The number of hydrogen-bond donors (Lipinski definition) is 2. The summed E-state index contributed by atoms with van der Waals surface area (Å²) in [5, 5.41) is 14.8. The molecule has 8 aliphatic rings. The van der Waals surface area contributed by atoms with Gasteiger partial charge in [-0.15, -0.1) is 0 Å². The van der Waals surface area contributed by atoms with Crippen molar-refractivity contribution in [3.63, 3.8) is 0 Å². The quantitative estimate of drug-likeness (QED) is 0.178. The number of para-hydroxylation sites is 4. The van der Waals surface area contributed by atoms with E-state index in [1.54, 1.807) is 0 Å². The van der Waals surface area contributed by atoms with Gasteiger partial charge in [0.2, 0.25) is 0 Å². The number of nitrogens with zero attached hydrogens (tertiary/aromatic N) is 2. The third kappa shape index (κ3) is 7.71. The van der Waals surface area contributed by atoms with Crippen molar-refractivity contribution in [3.8, 4) is 23.0 Å². The lowest BCUT2D eigenvalue weighted by molar-refractivity contribution is -0.160. The van der Waals surface area contributed by atoms with Gasteiger partial charge in [-0.1, -0.05) is 72.8 Å². The fourth-order valence-corrected chi connectivity index (χ4v) is 8.85. The summed E-state index contributed by atoms with van der Waals surface area (Å²) in [5.74, 6) is -0.746. The lowest BCUT2D eigenvalue weighted by Crippen LogP contribution is -2.52. The minimum atomic E-state index is -1.82. The van der Waals surface area contributed by atoms with E-state index >= 15 is 0 Å². The Morgan fingerprint density at radius 2 is 0.768 bits per heavy atom. The molecule has 4 aromatic rings. The van der Waals surface area contributed by atoms with E-state index in [0.29, 0.717) is 11.8 Å². The lowest BCUT2D eigenvalue weighted by Gasteiger charge is -2.44. The van der Waals surface area contributed by atoms with Crippen LogP contribution in [0.3, 0.4) is 0 Å². The zero-order valence-corrected chi connectivity index (χ0v) is 30.8. The third-order valence-corrected chi connectivity index (χ3v) is 11.7. The minimum Gasteiger partial charge on any atom is -0.473 e. The predicted octanol–water partition coefficient (Wildman–Crippen LogP) is 6.28. The van der Waals surface area contributed by atoms with E-state index in [1.807, 2.05) is 97.1 Å². The second-order valence-corrected chi connectivity index (χ2v) is 15.1. The summed E-state index contributed by atoms with van der Waals surface area (Å²) in [5.41, 5.74) is 3.58. The van der Waals surface area contributed by atoms with E-state index < -0.39 is 23.8 Å². The van der Waals surface area contributed by atoms with Gasteiger partial charge in [0.1, 0.15) is 47.0 Å². The monoisotopic (exact) mass is 760 g/mol. The molecule has 0 aromatic heterocycles. The summed E-state index contributed by atoms with van der Waals surface area (Å²) >= 11 is 0. The second kappa shape index (κ2) is 16.2. The number of piperidine rings is 6. The van der Waals surface area contributed by atoms with Crippen LogP contribution in [-0.4, -0.2) is 95.4 Å². The summed E-state index contributed by atoms with van der Waals surface area (Å²) in [6.45, 7) is 6.32. The number of aliphatic carboxylic acids is 2. The van der Waals surface area contributed by atoms with Gasteiger partial charge in [-0.3, -0.25) is 19.4 Å². The Hall–Kier alpha value is -5.72. The molecule has 56 heavy (non-hydrogen) atoms. The van der Waals surface area contributed by atoms with Gasteiger partial charge in [0.05, 0.1) is 0 Å². The highest BCUT2D eigenvalue weighted by molar-refractivity contribution is 6.27. The maximum absolute atomic E-state index is 13.2. The van der Waals surface area contributed by atoms with Crippen molar-refractivity contribution < 1.29 is 48.3 Å². The molecule has 6 fully saturated rings. The van der Waals surface area contributed by atoms with Gasteiger partial charge < -0.3 is 29.2 Å². The minimum absolute atomic E-state index is 0.0252. The van der Waals surface area contributed by atoms with Crippen LogP contribution in [0.4, 0.5) is 0 Å². The summed E-state index contributed by atoms with van der Waals surface area (Å²) < 4.78 is 24.0. The Bertz CT molecular complexity index is 1860. The number of hydrogen-bond acceptors (Lipinski definition) is 10. The first-order chi connectivity index (χ1) is 27.2. The zero-order chi connectivity index (χ0) is 38.8. The SMILES string of the molecule is O=C(O)C(=O)O.O=C(OC1CN2CCC1CC2)C1c2ccccc2Oc2ccccc21.O=C(OC1CN2CCC1CC2)C1c2ccccc2Oc2ccccc21. The lowest BCUT2D eigenvalue weighted by atomic mass is 9.85. The number of ether oxygens (including phenoxy) is 4. The molecule has 4 aromatic carbocycles. The molecule has 0 radical (unpaired) electrons. The largest absolute Gasteiger partial charge is 0.473 e. The van der Waals surface area contributed by atoms with Crippen LogP contribution in [0.1, 0.15) is 59.8 Å². The van der Waals surface area contributed by atoms with Crippen LogP contribution < -0.4 is 9.47 Å². The van der Waals surface area contributed by atoms with Gasteiger partial charge in [0.25, 0.3) is 0 Å². The molecule has 2 atom stereocenters. The highest BCUT2D eigenvalue weighted by atomic mass is 16.6. The van der Waals surface area contributed by atoms with Crippen LogP contribution in [-0.2, 0) is 28.7 Å². The Morgan fingerprint density at radius 3 is 1.02 bits per heavy atom. The van der Waals surface area contributed by atoms with Gasteiger partial charge >= 0.3 is 23.9 Å². The normalized spacial score (nSPS) is 25.0. The second-order valence-electron chi connectivity index (χ2n) is 15.1. The van der Waals surface area contributed by atoms with Crippen molar-refractivity contribution in [3.05, 3.63) is 119 Å². The average molecular weight is 761 g/mol. The average Bonchev–Trinajstić information content (AvgIpc) is 3.23. The summed E-state index contributed by atoms with van der Waals surface area (Å²) in [6, 6.07) is 31.1. The molecule has 0 amide bonds. The first kappa shape index (κ1) is 37.2. The molecule has 8 heterocycles. The van der Waals surface area contributed by atoms with Gasteiger partial charge in [-0.05, 0) is 88.0 Å². The Labute approximate surface area is 324 Å². The molecule has 0 spiro atoms. The molecule has 12 heteroatoms. The molecule has 6 saturated heterocycles. The van der Waals surface area contributed by atoms with Crippen molar-refractivity contribution >= 4 is 23.9 Å². The van der Waals surface area contributed by atoms with Gasteiger partial charge in [-0.25, -0.2) is 9.59 Å². The van der Waals surface area contributed by atoms with E-state index in [4.69, 9.17) is 38.7 Å². The molecule has 2 unspecified atom stereocenters. The standard InChI is InChI=1S/2C21H21NO3.C2H2O4/c2*23-21(25-19-13-22-11-9-14(19)10-12-22)20-15-5-1-3-7-17(15)24-18-8-4-2-6-16(18)20;3-1(4)2(5)6/h2*1-8,14,19-20H,9-13H2;(H,3,4)(H,5,6). The molecule has 12 rings (SSSR count). The van der Waals surface area contributed by atoms with Crippen molar-refractivity contribution in [2.24, 2.45) is 11.8 Å². The number of benzene rings is 4. The maximum atomic E-state index is 13.2. The van der Waals surface area contributed by atoms with Gasteiger partial charge in [0, 0.05) is 35.3 Å². The maximum Gasteiger partial charge on any atom is 0.414 e. The first-order valence-electron chi connectivity index (χ1n) is 19.3. The van der Waals surface area contributed by atoms with Crippen LogP contribution >= 0.6 is 0 Å². The van der Waals surface area contributed by atoms with Crippen molar-refractivity contribution in [1.29, 1.82) is 0 Å². The third-order valence-electron chi connectivity index (χ3n) is 11.7. The van der Waals surface area contributed by atoms with Crippen molar-refractivity contribution in [2.75, 3.05) is 39.3 Å². The van der Waals surface area contributed by atoms with Crippen LogP contribution in [0.15, 0.2) is 97.1 Å². The smallest absolute Gasteiger partial charge is 0.414 e.